The first-order valence-electron chi connectivity index (χ1n) is 7.67. The van der Waals surface area contributed by atoms with Gasteiger partial charge in [-0.05, 0) is 47.7 Å². The highest BCUT2D eigenvalue weighted by Crippen LogP contribution is 2.27. The van der Waals surface area contributed by atoms with Crippen LogP contribution in [0.2, 0.25) is 0 Å². The van der Waals surface area contributed by atoms with Gasteiger partial charge >= 0.3 is 0 Å². The minimum atomic E-state index is 0.489. The van der Waals surface area contributed by atoms with Crippen molar-refractivity contribution in [1.29, 1.82) is 0 Å². The third-order valence-corrected chi connectivity index (χ3v) is 4.02. The number of fused-ring (bicyclic) bond motifs is 1. The van der Waals surface area contributed by atoms with Crippen molar-refractivity contribution in [1.82, 2.24) is 9.55 Å². The van der Waals surface area contributed by atoms with Gasteiger partial charge < -0.3 is 9.30 Å². The zero-order valence-corrected chi connectivity index (χ0v) is 13.6. The maximum absolute atomic E-state index is 5.22. The van der Waals surface area contributed by atoms with E-state index in [4.69, 9.17) is 4.74 Å². The van der Waals surface area contributed by atoms with Crippen LogP contribution < -0.4 is 4.74 Å². The third-order valence-electron chi connectivity index (χ3n) is 4.02. The van der Waals surface area contributed by atoms with E-state index in [1.807, 2.05) is 18.3 Å². The molecular weight excluding hydrogens is 272 g/mol. The third kappa shape index (κ3) is 2.71. The highest BCUT2D eigenvalue weighted by atomic mass is 16.5. The van der Waals surface area contributed by atoms with Crippen LogP contribution in [0.15, 0.2) is 42.7 Å². The molecule has 3 heteroatoms. The first-order valence-corrected chi connectivity index (χ1v) is 7.67. The highest BCUT2D eigenvalue weighted by Gasteiger charge is 2.13. The van der Waals surface area contributed by atoms with Crippen molar-refractivity contribution in [2.45, 2.75) is 33.2 Å². The standard InChI is InChI=1S/C19H22N2O/c1-13(2)18-12-21(19-17(18)9-14(3)10-20-19)11-15-5-7-16(22-4)8-6-15/h5-10,12-13H,11H2,1-4H3. The second-order valence-corrected chi connectivity index (χ2v) is 6.10. The molecule has 3 aromatic rings. The van der Waals surface area contributed by atoms with Crippen LogP contribution in [-0.4, -0.2) is 16.7 Å². The van der Waals surface area contributed by atoms with Gasteiger partial charge in [0.1, 0.15) is 11.4 Å². The molecule has 3 nitrogen and oxygen atoms in total. The van der Waals surface area contributed by atoms with E-state index in [0.29, 0.717) is 5.92 Å². The summed E-state index contributed by atoms with van der Waals surface area (Å²) in [4.78, 5) is 4.65. The van der Waals surface area contributed by atoms with Gasteiger partial charge in [0.25, 0.3) is 0 Å². The number of aromatic nitrogens is 2. The van der Waals surface area contributed by atoms with E-state index in [2.05, 4.69) is 54.7 Å². The van der Waals surface area contributed by atoms with Crippen molar-refractivity contribution >= 4 is 11.0 Å². The highest BCUT2D eigenvalue weighted by molar-refractivity contribution is 5.81. The summed E-state index contributed by atoms with van der Waals surface area (Å²) in [6.07, 6.45) is 4.18. The van der Waals surface area contributed by atoms with E-state index >= 15 is 0 Å². The number of hydrogen-bond acceptors (Lipinski definition) is 2. The largest absolute Gasteiger partial charge is 0.497 e. The Morgan fingerprint density at radius 3 is 2.55 bits per heavy atom. The van der Waals surface area contributed by atoms with Gasteiger partial charge in [0.05, 0.1) is 7.11 Å². The molecule has 22 heavy (non-hydrogen) atoms. The molecular formula is C19H22N2O. The van der Waals surface area contributed by atoms with Crippen LogP contribution in [0.1, 0.15) is 36.5 Å². The number of benzene rings is 1. The first-order chi connectivity index (χ1) is 10.6. The summed E-state index contributed by atoms with van der Waals surface area (Å²) in [5.74, 6) is 1.38. The molecule has 0 N–H and O–H groups in total. The molecule has 0 fully saturated rings. The Balaban J connectivity index is 2.02. The Hall–Kier alpha value is -2.29. The lowest BCUT2D eigenvalue weighted by molar-refractivity contribution is 0.414. The van der Waals surface area contributed by atoms with Crippen LogP contribution in [-0.2, 0) is 6.54 Å². The smallest absolute Gasteiger partial charge is 0.140 e. The zero-order chi connectivity index (χ0) is 15.7. The van der Waals surface area contributed by atoms with Crippen molar-refractivity contribution in [2.75, 3.05) is 7.11 Å². The van der Waals surface area contributed by atoms with Crippen LogP contribution in [0, 0.1) is 6.92 Å². The number of nitrogens with zero attached hydrogens (tertiary/aromatic N) is 2. The molecule has 0 spiro atoms. The fourth-order valence-corrected chi connectivity index (χ4v) is 2.81. The first kappa shape index (κ1) is 14.6. The Morgan fingerprint density at radius 1 is 1.18 bits per heavy atom. The summed E-state index contributed by atoms with van der Waals surface area (Å²) < 4.78 is 7.46. The minimum absolute atomic E-state index is 0.489. The average Bonchev–Trinajstić information content (AvgIpc) is 2.86. The van der Waals surface area contributed by atoms with E-state index in [1.165, 1.54) is 22.1 Å². The molecule has 0 saturated heterocycles. The van der Waals surface area contributed by atoms with E-state index in [-0.39, 0.29) is 0 Å². The molecule has 0 saturated carbocycles. The SMILES string of the molecule is COc1ccc(Cn2cc(C(C)C)c3cc(C)cnc32)cc1. The Bertz CT molecular complexity index is 785. The van der Waals surface area contributed by atoms with Gasteiger partial charge in [0.2, 0.25) is 0 Å². The fourth-order valence-electron chi connectivity index (χ4n) is 2.81. The second-order valence-electron chi connectivity index (χ2n) is 6.10. The summed E-state index contributed by atoms with van der Waals surface area (Å²) in [5.41, 5.74) is 4.87. The summed E-state index contributed by atoms with van der Waals surface area (Å²) in [6, 6.07) is 10.5. The Labute approximate surface area is 131 Å². The predicted molar refractivity (Wildman–Crippen MR) is 90.7 cm³/mol. The molecule has 2 heterocycles. The van der Waals surface area contributed by atoms with E-state index in [0.717, 1.165) is 17.9 Å². The molecule has 1 aromatic carbocycles. The van der Waals surface area contributed by atoms with Gasteiger partial charge in [-0.1, -0.05) is 26.0 Å². The molecule has 0 aliphatic carbocycles. The lowest BCUT2D eigenvalue weighted by Crippen LogP contribution is -1.99. The Morgan fingerprint density at radius 2 is 1.91 bits per heavy atom. The van der Waals surface area contributed by atoms with Crippen LogP contribution in [0.25, 0.3) is 11.0 Å². The number of ether oxygens (including phenoxy) is 1. The monoisotopic (exact) mass is 294 g/mol. The Kier molecular flexibility index (Phi) is 3.88. The quantitative estimate of drug-likeness (QED) is 0.707. The van der Waals surface area contributed by atoms with Gasteiger partial charge in [-0.2, -0.15) is 0 Å². The second kappa shape index (κ2) is 5.84. The van der Waals surface area contributed by atoms with Crippen molar-refractivity contribution in [3.05, 3.63) is 59.4 Å². The molecule has 0 unspecified atom stereocenters. The molecule has 0 aliphatic rings. The van der Waals surface area contributed by atoms with Crippen molar-refractivity contribution < 1.29 is 4.74 Å². The van der Waals surface area contributed by atoms with Gasteiger partial charge in [0.15, 0.2) is 0 Å². The van der Waals surface area contributed by atoms with Crippen molar-refractivity contribution in [2.24, 2.45) is 0 Å². The van der Waals surface area contributed by atoms with Crippen LogP contribution >= 0.6 is 0 Å². The van der Waals surface area contributed by atoms with E-state index in [9.17, 15) is 0 Å². The predicted octanol–water partition coefficient (Wildman–Crippen LogP) is 4.53. The lowest BCUT2D eigenvalue weighted by atomic mass is 10.0. The number of aryl methyl sites for hydroxylation is 1. The maximum Gasteiger partial charge on any atom is 0.140 e. The van der Waals surface area contributed by atoms with Crippen molar-refractivity contribution in [3.8, 4) is 5.75 Å². The van der Waals surface area contributed by atoms with E-state index < -0.39 is 0 Å². The number of pyridine rings is 1. The minimum Gasteiger partial charge on any atom is -0.497 e. The topological polar surface area (TPSA) is 27.1 Å². The molecule has 2 aromatic heterocycles. The van der Waals surface area contributed by atoms with Crippen LogP contribution in [0.4, 0.5) is 0 Å². The number of hydrogen-bond donors (Lipinski definition) is 0. The molecule has 0 amide bonds. The van der Waals surface area contributed by atoms with Crippen LogP contribution in [0.5, 0.6) is 5.75 Å². The molecule has 0 radical (unpaired) electrons. The van der Waals surface area contributed by atoms with Gasteiger partial charge in [-0.15, -0.1) is 0 Å². The summed E-state index contributed by atoms with van der Waals surface area (Å²) in [6.45, 7) is 7.38. The van der Waals surface area contributed by atoms with Gasteiger partial charge in [0, 0.05) is 24.3 Å². The molecule has 0 atom stereocenters. The summed E-state index contributed by atoms with van der Waals surface area (Å²) in [7, 11) is 1.69. The maximum atomic E-state index is 5.22. The summed E-state index contributed by atoms with van der Waals surface area (Å²) in [5, 5.41) is 1.27. The summed E-state index contributed by atoms with van der Waals surface area (Å²) >= 11 is 0. The zero-order valence-electron chi connectivity index (χ0n) is 13.6. The normalized spacial score (nSPS) is 11.3. The number of methoxy groups -OCH3 is 1. The van der Waals surface area contributed by atoms with Crippen LogP contribution in [0.3, 0.4) is 0 Å². The van der Waals surface area contributed by atoms with Gasteiger partial charge in [-0.25, -0.2) is 4.98 Å². The van der Waals surface area contributed by atoms with E-state index in [1.54, 1.807) is 7.11 Å². The molecule has 0 aliphatic heterocycles. The molecule has 3 rings (SSSR count). The van der Waals surface area contributed by atoms with Crippen molar-refractivity contribution in [3.63, 3.8) is 0 Å². The molecule has 114 valence electrons. The van der Waals surface area contributed by atoms with Gasteiger partial charge in [-0.3, -0.25) is 0 Å². The number of rotatable bonds is 4. The molecule has 0 bridgehead atoms. The average molecular weight is 294 g/mol. The fraction of sp³-hybridized carbons (Fsp3) is 0.316. The lowest BCUT2D eigenvalue weighted by Gasteiger charge is -2.06.